The lowest BCUT2D eigenvalue weighted by atomic mass is 10.00. The van der Waals surface area contributed by atoms with E-state index in [-0.39, 0.29) is 0 Å². The van der Waals surface area contributed by atoms with Crippen molar-refractivity contribution in [2.24, 2.45) is 5.73 Å². The Bertz CT molecular complexity index is 462. The van der Waals surface area contributed by atoms with Gasteiger partial charge in [-0.2, -0.15) is 0 Å². The van der Waals surface area contributed by atoms with Gasteiger partial charge in [0.2, 0.25) is 0 Å². The molecule has 2 aromatic rings. The van der Waals surface area contributed by atoms with E-state index < -0.39 is 0 Å². The quantitative estimate of drug-likeness (QED) is 0.826. The van der Waals surface area contributed by atoms with Gasteiger partial charge in [0, 0.05) is 6.04 Å². The lowest BCUT2D eigenvalue weighted by molar-refractivity contribution is 0.601. The molecule has 0 fully saturated rings. The van der Waals surface area contributed by atoms with Crippen molar-refractivity contribution in [2.45, 2.75) is 32.2 Å². The second-order valence-electron chi connectivity index (χ2n) is 4.43. The molecule has 0 heterocycles. The van der Waals surface area contributed by atoms with Crippen LogP contribution in [0.25, 0.3) is 10.8 Å². The lowest BCUT2D eigenvalue weighted by Gasteiger charge is -2.10. The topological polar surface area (TPSA) is 26.0 Å². The summed E-state index contributed by atoms with van der Waals surface area (Å²) in [4.78, 5) is 0. The zero-order chi connectivity index (χ0) is 11.4. The lowest BCUT2D eigenvalue weighted by Crippen LogP contribution is -2.22. The molecule has 0 aliphatic carbocycles. The van der Waals surface area contributed by atoms with Crippen LogP contribution < -0.4 is 5.73 Å². The highest BCUT2D eigenvalue weighted by Gasteiger charge is 2.03. The summed E-state index contributed by atoms with van der Waals surface area (Å²) in [6.07, 6.45) is 3.25. The van der Waals surface area contributed by atoms with Gasteiger partial charge in [-0.05, 0) is 29.2 Å². The molecular formula is C15H19N. The van der Waals surface area contributed by atoms with E-state index in [2.05, 4.69) is 49.4 Å². The van der Waals surface area contributed by atoms with Crippen LogP contribution in [-0.2, 0) is 6.42 Å². The van der Waals surface area contributed by atoms with E-state index in [0.717, 1.165) is 19.3 Å². The Morgan fingerprint density at radius 3 is 2.56 bits per heavy atom. The van der Waals surface area contributed by atoms with E-state index in [0.29, 0.717) is 6.04 Å². The molecule has 0 saturated heterocycles. The Hall–Kier alpha value is -1.34. The van der Waals surface area contributed by atoms with E-state index in [4.69, 9.17) is 5.73 Å². The fourth-order valence-corrected chi connectivity index (χ4v) is 2.14. The summed E-state index contributed by atoms with van der Waals surface area (Å²) in [6.45, 7) is 2.18. The highest BCUT2D eigenvalue weighted by molar-refractivity contribution is 5.82. The minimum Gasteiger partial charge on any atom is -0.327 e. The van der Waals surface area contributed by atoms with Gasteiger partial charge in [-0.3, -0.25) is 0 Å². The minimum atomic E-state index is 0.297. The standard InChI is InChI=1S/C15H19N/c1-2-5-15(16)11-12-8-9-13-6-3-4-7-14(13)10-12/h3-4,6-10,15H,2,5,11,16H2,1H3. The molecule has 1 atom stereocenters. The largest absolute Gasteiger partial charge is 0.327 e. The molecule has 0 saturated carbocycles. The molecule has 0 spiro atoms. The Morgan fingerprint density at radius 1 is 1.06 bits per heavy atom. The second kappa shape index (κ2) is 5.13. The fraction of sp³-hybridized carbons (Fsp3) is 0.333. The highest BCUT2D eigenvalue weighted by atomic mass is 14.6. The molecule has 0 bridgehead atoms. The summed E-state index contributed by atoms with van der Waals surface area (Å²) in [5.74, 6) is 0. The molecule has 16 heavy (non-hydrogen) atoms. The maximum atomic E-state index is 6.06. The summed E-state index contributed by atoms with van der Waals surface area (Å²) in [6, 6.07) is 15.4. The van der Waals surface area contributed by atoms with Crippen molar-refractivity contribution in [2.75, 3.05) is 0 Å². The number of hydrogen-bond donors (Lipinski definition) is 1. The Balaban J connectivity index is 2.19. The molecule has 2 aromatic carbocycles. The fourth-order valence-electron chi connectivity index (χ4n) is 2.14. The molecule has 0 radical (unpaired) electrons. The SMILES string of the molecule is CCCC(N)Cc1ccc2ccccc2c1. The van der Waals surface area contributed by atoms with Crippen LogP contribution in [0.2, 0.25) is 0 Å². The van der Waals surface area contributed by atoms with Gasteiger partial charge in [0.1, 0.15) is 0 Å². The van der Waals surface area contributed by atoms with Gasteiger partial charge in [-0.25, -0.2) is 0 Å². The summed E-state index contributed by atoms with van der Waals surface area (Å²) in [5.41, 5.74) is 7.41. The van der Waals surface area contributed by atoms with Crippen molar-refractivity contribution in [1.82, 2.24) is 0 Å². The first-order valence-electron chi connectivity index (χ1n) is 6.03. The Kier molecular flexibility index (Phi) is 3.58. The molecule has 1 heteroatoms. The molecule has 1 nitrogen and oxygen atoms in total. The monoisotopic (exact) mass is 213 g/mol. The van der Waals surface area contributed by atoms with Crippen LogP contribution in [0.5, 0.6) is 0 Å². The third-order valence-electron chi connectivity index (χ3n) is 2.97. The average Bonchev–Trinajstić information content (AvgIpc) is 2.29. The van der Waals surface area contributed by atoms with Crippen molar-refractivity contribution >= 4 is 10.8 Å². The van der Waals surface area contributed by atoms with Crippen molar-refractivity contribution in [3.8, 4) is 0 Å². The van der Waals surface area contributed by atoms with Gasteiger partial charge in [-0.15, -0.1) is 0 Å². The molecule has 1 unspecified atom stereocenters. The summed E-state index contributed by atoms with van der Waals surface area (Å²) >= 11 is 0. The third kappa shape index (κ3) is 2.61. The van der Waals surface area contributed by atoms with E-state index in [1.54, 1.807) is 0 Å². The number of hydrogen-bond acceptors (Lipinski definition) is 1. The summed E-state index contributed by atoms with van der Waals surface area (Å²) in [5, 5.41) is 2.61. The van der Waals surface area contributed by atoms with Gasteiger partial charge in [0.15, 0.2) is 0 Å². The number of rotatable bonds is 4. The highest BCUT2D eigenvalue weighted by Crippen LogP contribution is 2.16. The van der Waals surface area contributed by atoms with Gasteiger partial charge >= 0.3 is 0 Å². The van der Waals surface area contributed by atoms with Crippen LogP contribution >= 0.6 is 0 Å². The second-order valence-corrected chi connectivity index (χ2v) is 4.43. The summed E-state index contributed by atoms with van der Waals surface area (Å²) in [7, 11) is 0. The summed E-state index contributed by atoms with van der Waals surface area (Å²) < 4.78 is 0. The van der Waals surface area contributed by atoms with E-state index in [9.17, 15) is 0 Å². The normalized spacial score (nSPS) is 12.9. The van der Waals surface area contributed by atoms with Crippen molar-refractivity contribution < 1.29 is 0 Å². The van der Waals surface area contributed by atoms with E-state index in [1.165, 1.54) is 16.3 Å². The minimum absolute atomic E-state index is 0.297. The molecule has 0 aliphatic rings. The molecule has 84 valence electrons. The number of fused-ring (bicyclic) bond motifs is 1. The Labute approximate surface area is 97.3 Å². The number of nitrogens with two attached hydrogens (primary N) is 1. The van der Waals surface area contributed by atoms with Crippen LogP contribution in [-0.4, -0.2) is 6.04 Å². The molecule has 0 amide bonds. The van der Waals surface area contributed by atoms with Crippen LogP contribution in [0, 0.1) is 0 Å². The number of benzene rings is 2. The van der Waals surface area contributed by atoms with Crippen LogP contribution in [0.1, 0.15) is 25.3 Å². The maximum Gasteiger partial charge on any atom is 0.00792 e. The third-order valence-corrected chi connectivity index (χ3v) is 2.97. The van der Waals surface area contributed by atoms with Gasteiger partial charge < -0.3 is 5.73 Å². The predicted molar refractivity (Wildman–Crippen MR) is 70.5 cm³/mol. The first-order chi connectivity index (χ1) is 7.79. The van der Waals surface area contributed by atoms with E-state index in [1.807, 2.05) is 0 Å². The zero-order valence-corrected chi connectivity index (χ0v) is 9.82. The maximum absolute atomic E-state index is 6.06. The molecule has 2 rings (SSSR count). The van der Waals surface area contributed by atoms with Gasteiger partial charge in [0.25, 0.3) is 0 Å². The first-order valence-corrected chi connectivity index (χ1v) is 6.03. The predicted octanol–water partition coefficient (Wildman–Crippen LogP) is 3.51. The van der Waals surface area contributed by atoms with Crippen LogP contribution in [0.4, 0.5) is 0 Å². The molecule has 0 aromatic heterocycles. The van der Waals surface area contributed by atoms with Gasteiger partial charge in [-0.1, -0.05) is 55.8 Å². The average molecular weight is 213 g/mol. The molecule has 0 aliphatic heterocycles. The smallest absolute Gasteiger partial charge is 0.00792 e. The first kappa shape index (κ1) is 11.2. The molecule has 2 N–H and O–H groups in total. The zero-order valence-electron chi connectivity index (χ0n) is 9.82. The van der Waals surface area contributed by atoms with Crippen molar-refractivity contribution in [3.63, 3.8) is 0 Å². The van der Waals surface area contributed by atoms with Gasteiger partial charge in [0.05, 0.1) is 0 Å². The van der Waals surface area contributed by atoms with Crippen LogP contribution in [0.15, 0.2) is 42.5 Å². The Morgan fingerprint density at radius 2 is 1.81 bits per heavy atom. The van der Waals surface area contributed by atoms with Crippen LogP contribution in [0.3, 0.4) is 0 Å². The van der Waals surface area contributed by atoms with E-state index >= 15 is 0 Å². The van der Waals surface area contributed by atoms with Crippen molar-refractivity contribution in [3.05, 3.63) is 48.0 Å². The van der Waals surface area contributed by atoms with Crippen molar-refractivity contribution in [1.29, 1.82) is 0 Å². The molecular weight excluding hydrogens is 194 g/mol.